The van der Waals surface area contributed by atoms with Crippen LogP contribution < -0.4 is 15.7 Å². The average molecular weight is 328 g/mol. The van der Waals surface area contributed by atoms with Crippen LogP contribution >= 0.6 is 0 Å². The fourth-order valence-corrected chi connectivity index (χ4v) is 2.29. The average Bonchev–Trinajstić information content (AvgIpc) is 2.93. The predicted octanol–water partition coefficient (Wildman–Crippen LogP) is 2.38. The number of rotatable bonds is 6. The van der Waals surface area contributed by atoms with Crippen LogP contribution in [-0.4, -0.2) is 21.9 Å². The summed E-state index contributed by atoms with van der Waals surface area (Å²) in [5.41, 5.74) is 1.24. The van der Waals surface area contributed by atoms with E-state index in [2.05, 4.69) is 15.4 Å². The SMILES string of the molecule is COc1ccc(NCc2nn(Cc3cccc(F)c3)c(=O)[nH]2)cc1. The zero-order valence-electron chi connectivity index (χ0n) is 13.1. The number of hydrogen-bond acceptors (Lipinski definition) is 4. The Bertz CT molecular complexity index is 871. The normalized spacial score (nSPS) is 10.6. The lowest BCUT2D eigenvalue weighted by Gasteiger charge is -2.05. The molecular formula is C17H17FN4O2. The zero-order valence-corrected chi connectivity index (χ0v) is 13.1. The van der Waals surface area contributed by atoms with E-state index in [-0.39, 0.29) is 18.1 Å². The first kappa shape index (κ1) is 15.8. The molecule has 0 unspecified atom stereocenters. The molecule has 1 aromatic heterocycles. The molecule has 7 heteroatoms. The van der Waals surface area contributed by atoms with E-state index in [0.29, 0.717) is 17.9 Å². The number of halogens is 1. The van der Waals surface area contributed by atoms with E-state index in [1.807, 2.05) is 24.3 Å². The highest BCUT2D eigenvalue weighted by atomic mass is 19.1. The predicted molar refractivity (Wildman–Crippen MR) is 88.7 cm³/mol. The van der Waals surface area contributed by atoms with Gasteiger partial charge in [-0.05, 0) is 42.0 Å². The zero-order chi connectivity index (χ0) is 16.9. The maximum absolute atomic E-state index is 13.2. The highest BCUT2D eigenvalue weighted by Gasteiger charge is 2.06. The van der Waals surface area contributed by atoms with Crippen molar-refractivity contribution in [2.45, 2.75) is 13.1 Å². The van der Waals surface area contributed by atoms with Crippen LogP contribution in [0.1, 0.15) is 11.4 Å². The van der Waals surface area contributed by atoms with Gasteiger partial charge in [0.25, 0.3) is 0 Å². The van der Waals surface area contributed by atoms with Gasteiger partial charge in [-0.3, -0.25) is 4.98 Å². The van der Waals surface area contributed by atoms with E-state index < -0.39 is 0 Å². The van der Waals surface area contributed by atoms with Crippen LogP contribution in [0.3, 0.4) is 0 Å². The number of methoxy groups -OCH3 is 1. The minimum atomic E-state index is -0.336. The number of nitrogens with zero attached hydrogens (tertiary/aromatic N) is 2. The fraction of sp³-hybridized carbons (Fsp3) is 0.176. The van der Waals surface area contributed by atoms with Gasteiger partial charge >= 0.3 is 5.69 Å². The maximum Gasteiger partial charge on any atom is 0.343 e. The molecule has 3 aromatic rings. The standard InChI is InChI=1S/C17H17FN4O2/c1-24-15-7-5-14(6-8-15)19-10-16-20-17(23)22(21-16)11-12-3-2-4-13(18)9-12/h2-9,19H,10-11H2,1H3,(H,20,21,23). The molecule has 124 valence electrons. The van der Waals surface area contributed by atoms with E-state index in [9.17, 15) is 9.18 Å². The third kappa shape index (κ3) is 3.81. The van der Waals surface area contributed by atoms with Crippen LogP contribution in [0.15, 0.2) is 53.3 Å². The fourth-order valence-electron chi connectivity index (χ4n) is 2.29. The van der Waals surface area contributed by atoms with E-state index in [1.54, 1.807) is 19.2 Å². The molecule has 1 heterocycles. The Labute approximate surface area is 137 Å². The Hall–Kier alpha value is -3.09. The van der Waals surface area contributed by atoms with Gasteiger partial charge in [0.1, 0.15) is 17.4 Å². The van der Waals surface area contributed by atoms with Crippen LogP contribution in [-0.2, 0) is 13.1 Å². The van der Waals surface area contributed by atoms with Gasteiger partial charge in [-0.15, -0.1) is 0 Å². The highest BCUT2D eigenvalue weighted by Crippen LogP contribution is 2.15. The van der Waals surface area contributed by atoms with Crippen LogP contribution in [0.25, 0.3) is 0 Å². The summed E-state index contributed by atoms with van der Waals surface area (Å²) < 4.78 is 19.6. The molecule has 2 N–H and O–H groups in total. The maximum atomic E-state index is 13.2. The largest absolute Gasteiger partial charge is 0.497 e. The summed E-state index contributed by atoms with van der Waals surface area (Å²) in [6.45, 7) is 0.591. The molecule has 0 amide bonds. The molecule has 0 aliphatic rings. The minimum absolute atomic E-state index is 0.218. The summed E-state index contributed by atoms with van der Waals surface area (Å²) in [4.78, 5) is 14.6. The Morgan fingerprint density at radius 2 is 2.04 bits per heavy atom. The van der Waals surface area contributed by atoms with Crippen molar-refractivity contribution in [3.8, 4) is 5.75 Å². The number of hydrogen-bond donors (Lipinski definition) is 2. The van der Waals surface area contributed by atoms with Crippen molar-refractivity contribution < 1.29 is 9.13 Å². The van der Waals surface area contributed by atoms with E-state index in [1.165, 1.54) is 16.8 Å². The Kier molecular flexibility index (Phi) is 4.60. The van der Waals surface area contributed by atoms with Crippen LogP contribution in [0, 0.1) is 5.82 Å². The highest BCUT2D eigenvalue weighted by molar-refractivity contribution is 5.46. The smallest absolute Gasteiger partial charge is 0.343 e. The lowest BCUT2D eigenvalue weighted by Crippen LogP contribution is -2.18. The molecule has 0 bridgehead atoms. The quantitative estimate of drug-likeness (QED) is 0.729. The molecule has 0 saturated carbocycles. The second kappa shape index (κ2) is 6.99. The number of aromatic nitrogens is 3. The third-order valence-corrected chi connectivity index (χ3v) is 3.50. The van der Waals surface area contributed by atoms with E-state index in [4.69, 9.17) is 4.74 Å². The monoisotopic (exact) mass is 328 g/mol. The first-order chi connectivity index (χ1) is 11.6. The molecule has 3 rings (SSSR count). The Balaban J connectivity index is 1.66. The summed E-state index contributed by atoms with van der Waals surface area (Å²) in [5.74, 6) is 0.943. The summed E-state index contributed by atoms with van der Waals surface area (Å²) in [7, 11) is 1.61. The number of ether oxygens (including phenoxy) is 1. The molecule has 0 radical (unpaired) electrons. The van der Waals surface area contributed by atoms with E-state index >= 15 is 0 Å². The molecule has 0 atom stereocenters. The second-order valence-electron chi connectivity index (χ2n) is 5.25. The number of nitrogens with one attached hydrogen (secondary N) is 2. The molecule has 0 aliphatic heterocycles. The Morgan fingerprint density at radius 1 is 1.25 bits per heavy atom. The first-order valence-corrected chi connectivity index (χ1v) is 7.42. The molecule has 6 nitrogen and oxygen atoms in total. The van der Waals surface area contributed by atoms with E-state index in [0.717, 1.165) is 11.4 Å². The number of anilines is 1. The molecular weight excluding hydrogens is 311 g/mol. The van der Waals surface area contributed by atoms with Gasteiger partial charge in [0.15, 0.2) is 0 Å². The molecule has 2 aromatic carbocycles. The number of benzene rings is 2. The minimum Gasteiger partial charge on any atom is -0.497 e. The summed E-state index contributed by atoms with van der Waals surface area (Å²) >= 11 is 0. The molecule has 0 aliphatic carbocycles. The van der Waals surface area contributed by atoms with Gasteiger partial charge < -0.3 is 10.1 Å². The lowest BCUT2D eigenvalue weighted by molar-refractivity contribution is 0.415. The van der Waals surface area contributed by atoms with Crippen LogP contribution in [0.2, 0.25) is 0 Å². The lowest BCUT2D eigenvalue weighted by atomic mass is 10.2. The molecule has 0 spiro atoms. The van der Waals surface area contributed by atoms with Crippen molar-refractivity contribution in [3.63, 3.8) is 0 Å². The first-order valence-electron chi connectivity index (χ1n) is 7.42. The third-order valence-electron chi connectivity index (χ3n) is 3.50. The van der Waals surface area contributed by atoms with Gasteiger partial charge in [-0.25, -0.2) is 13.9 Å². The summed E-state index contributed by atoms with van der Waals surface area (Å²) in [6.07, 6.45) is 0. The van der Waals surface area contributed by atoms with Crippen molar-refractivity contribution in [3.05, 3.63) is 76.2 Å². The van der Waals surface area contributed by atoms with Gasteiger partial charge in [-0.2, -0.15) is 5.10 Å². The van der Waals surface area contributed by atoms with Crippen molar-refractivity contribution in [1.82, 2.24) is 14.8 Å². The second-order valence-corrected chi connectivity index (χ2v) is 5.25. The van der Waals surface area contributed by atoms with Crippen molar-refractivity contribution in [2.24, 2.45) is 0 Å². The van der Waals surface area contributed by atoms with Gasteiger partial charge in [0.2, 0.25) is 0 Å². The topological polar surface area (TPSA) is 71.9 Å². The number of aromatic amines is 1. The van der Waals surface area contributed by atoms with Crippen LogP contribution in [0.4, 0.5) is 10.1 Å². The van der Waals surface area contributed by atoms with Crippen LogP contribution in [0.5, 0.6) is 5.75 Å². The molecule has 0 saturated heterocycles. The van der Waals surface area contributed by atoms with Crippen molar-refractivity contribution >= 4 is 5.69 Å². The van der Waals surface area contributed by atoms with Crippen molar-refractivity contribution in [1.29, 1.82) is 0 Å². The number of H-pyrrole nitrogens is 1. The summed E-state index contributed by atoms with van der Waals surface area (Å²) in [5, 5.41) is 7.39. The van der Waals surface area contributed by atoms with Gasteiger partial charge in [-0.1, -0.05) is 12.1 Å². The van der Waals surface area contributed by atoms with Gasteiger partial charge in [0, 0.05) is 5.69 Å². The summed E-state index contributed by atoms with van der Waals surface area (Å²) in [6, 6.07) is 13.5. The van der Waals surface area contributed by atoms with Gasteiger partial charge in [0.05, 0.1) is 20.2 Å². The molecule has 24 heavy (non-hydrogen) atoms. The molecule has 0 fully saturated rings. The van der Waals surface area contributed by atoms with Crippen molar-refractivity contribution in [2.75, 3.05) is 12.4 Å². The Morgan fingerprint density at radius 3 is 2.75 bits per heavy atom.